The van der Waals surface area contributed by atoms with Crippen molar-refractivity contribution in [3.05, 3.63) is 113 Å². The fourth-order valence-electron chi connectivity index (χ4n) is 6.49. The Morgan fingerprint density at radius 3 is 2.30 bits per heavy atom. The first kappa shape index (κ1) is 40.4. The van der Waals surface area contributed by atoms with Crippen molar-refractivity contribution in [2.24, 2.45) is 5.92 Å². The number of rotatable bonds is 19. The van der Waals surface area contributed by atoms with Gasteiger partial charge in [0.15, 0.2) is 0 Å². The molecule has 0 radical (unpaired) electrons. The molecule has 4 amide bonds. The van der Waals surface area contributed by atoms with Gasteiger partial charge in [-0.3, -0.25) is 19.2 Å². The van der Waals surface area contributed by atoms with E-state index in [9.17, 15) is 24.3 Å². The van der Waals surface area contributed by atoms with Crippen LogP contribution in [0.1, 0.15) is 76.5 Å². The molecule has 1 heterocycles. The number of benzene rings is 3. The molecule has 4 atom stereocenters. The van der Waals surface area contributed by atoms with Crippen LogP contribution in [0.15, 0.2) is 102 Å². The van der Waals surface area contributed by atoms with Gasteiger partial charge < -0.3 is 36.4 Å². The van der Waals surface area contributed by atoms with Gasteiger partial charge in [0.25, 0.3) is 0 Å². The van der Waals surface area contributed by atoms with Gasteiger partial charge in [-0.1, -0.05) is 55.5 Å². The lowest BCUT2D eigenvalue weighted by molar-refractivity contribution is -0.130. The normalized spacial score (nSPS) is 17.0. The molecule has 11 nitrogen and oxygen atoms in total. The second-order valence-electron chi connectivity index (χ2n) is 13.4. The second-order valence-corrected chi connectivity index (χ2v) is 13.4. The maximum absolute atomic E-state index is 13.6. The van der Waals surface area contributed by atoms with Crippen LogP contribution >= 0.6 is 0 Å². The first-order chi connectivity index (χ1) is 25.5. The van der Waals surface area contributed by atoms with Crippen LogP contribution in [0.3, 0.4) is 0 Å². The summed E-state index contributed by atoms with van der Waals surface area (Å²) in [5.74, 6) is -0.198. The van der Waals surface area contributed by atoms with Crippen LogP contribution in [-0.2, 0) is 30.3 Å². The third-order valence-electron chi connectivity index (χ3n) is 9.43. The van der Waals surface area contributed by atoms with Crippen LogP contribution in [0.2, 0.25) is 0 Å². The molecule has 3 aromatic carbocycles. The number of nitrogen functional groups attached to an aromatic ring is 1. The fourth-order valence-corrected chi connectivity index (χ4v) is 6.49. The minimum Gasteiger partial charge on any atom is -0.501 e. The first-order valence-corrected chi connectivity index (χ1v) is 18.3. The molecule has 53 heavy (non-hydrogen) atoms. The predicted molar refractivity (Wildman–Crippen MR) is 209 cm³/mol. The van der Waals surface area contributed by atoms with E-state index in [0.717, 1.165) is 34.6 Å². The van der Waals surface area contributed by atoms with Crippen molar-refractivity contribution in [3.63, 3.8) is 0 Å². The largest absolute Gasteiger partial charge is 0.501 e. The van der Waals surface area contributed by atoms with Gasteiger partial charge in [-0.2, -0.15) is 0 Å². The predicted octanol–water partition coefficient (Wildman–Crippen LogP) is 5.97. The molecule has 0 spiro atoms. The highest BCUT2D eigenvalue weighted by molar-refractivity contribution is 6.04. The number of unbranched alkanes of at least 4 members (excludes halogenated alkanes) is 1. The molecule has 0 saturated carbocycles. The van der Waals surface area contributed by atoms with Gasteiger partial charge >= 0.3 is 0 Å². The summed E-state index contributed by atoms with van der Waals surface area (Å²) in [4.78, 5) is 52.6. The molecule has 1 saturated heterocycles. The molecule has 11 heteroatoms. The highest BCUT2D eigenvalue weighted by Crippen LogP contribution is 2.40. The summed E-state index contributed by atoms with van der Waals surface area (Å²) in [5.41, 5.74) is 10.4. The molecular weight excluding hydrogens is 670 g/mol. The lowest BCUT2D eigenvalue weighted by Crippen LogP contribution is -2.61. The van der Waals surface area contributed by atoms with E-state index in [1.807, 2.05) is 80.6 Å². The minimum absolute atomic E-state index is 0.00743. The summed E-state index contributed by atoms with van der Waals surface area (Å²) in [5, 5.41) is 19.3. The standard InChI is InChI=1S/C42H53N5O6/c1-5-35(53-4)23-14-28(2)40-36(24-25-38(49)31-11-7-6-8-12-31)42(52)47(40)34-21-19-33(20-22-34)46-39(50)13-9-10-26-44-41(51)37(45-29(3)48)27-30-15-17-32(43)18-16-30/h6-8,11-12,14-23,36-38,40,49H,5,9-10,13,24-27,43H2,1-4H3,(H,44,51)(H,45,48)(H,46,50)/b28-14+,35-23+. The monoisotopic (exact) mass is 723 g/mol. The number of β-lactam (4-membered cyclic amide) rings is 1. The Kier molecular flexibility index (Phi) is 15.2. The molecule has 1 aliphatic heterocycles. The number of nitrogens with two attached hydrogens (primary N) is 1. The summed E-state index contributed by atoms with van der Waals surface area (Å²) in [6.45, 7) is 5.76. The number of carbonyl (C=O) groups is 4. The van der Waals surface area contributed by atoms with Gasteiger partial charge in [-0.25, -0.2) is 0 Å². The van der Waals surface area contributed by atoms with Crippen LogP contribution < -0.4 is 26.6 Å². The van der Waals surface area contributed by atoms with Crippen LogP contribution in [0.5, 0.6) is 0 Å². The van der Waals surface area contributed by atoms with Gasteiger partial charge in [0, 0.05) is 49.8 Å². The molecule has 282 valence electrons. The zero-order valence-corrected chi connectivity index (χ0v) is 31.1. The Morgan fingerprint density at radius 2 is 1.66 bits per heavy atom. The number of nitrogens with zero attached hydrogens (tertiary/aromatic N) is 1. The molecule has 6 N–H and O–H groups in total. The number of methoxy groups -OCH3 is 1. The fraction of sp³-hybridized carbons (Fsp3) is 0.381. The van der Waals surface area contributed by atoms with E-state index in [2.05, 4.69) is 16.0 Å². The molecule has 0 bridgehead atoms. The van der Waals surface area contributed by atoms with Crippen molar-refractivity contribution in [2.45, 2.75) is 83.9 Å². The summed E-state index contributed by atoms with van der Waals surface area (Å²) in [6, 6.07) is 23.0. The van der Waals surface area contributed by atoms with Gasteiger partial charge in [-0.05, 0) is 91.8 Å². The van der Waals surface area contributed by atoms with E-state index in [1.54, 1.807) is 36.3 Å². The van der Waals surface area contributed by atoms with E-state index in [0.29, 0.717) is 50.0 Å². The van der Waals surface area contributed by atoms with Crippen LogP contribution in [0, 0.1) is 5.92 Å². The number of ether oxygens (including phenoxy) is 1. The maximum atomic E-state index is 13.6. The van der Waals surface area contributed by atoms with Crippen molar-refractivity contribution < 1.29 is 29.0 Å². The number of hydrogen-bond acceptors (Lipinski definition) is 7. The quantitative estimate of drug-likeness (QED) is 0.0335. The molecule has 1 aliphatic rings. The zero-order chi connectivity index (χ0) is 38.3. The Labute approximate surface area is 312 Å². The first-order valence-electron chi connectivity index (χ1n) is 18.3. The average molecular weight is 724 g/mol. The molecule has 1 fully saturated rings. The lowest BCUT2D eigenvalue weighted by Gasteiger charge is -2.48. The Balaban J connectivity index is 1.29. The van der Waals surface area contributed by atoms with Crippen LogP contribution in [0.4, 0.5) is 17.1 Å². The molecule has 0 aromatic heterocycles. The van der Waals surface area contributed by atoms with Gasteiger partial charge in [0.1, 0.15) is 6.04 Å². The number of aliphatic hydroxyl groups excluding tert-OH is 1. The highest BCUT2D eigenvalue weighted by Gasteiger charge is 2.48. The molecule has 0 aliphatic carbocycles. The van der Waals surface area contributed by atoms with Crippen molar-refractivity contribution in [1.82, 2.24) is 10.6 Å². The number of nitrogens with one attached hydrogen (secondary N) is 3. The van der Waals surface area contributed by atoms with E-state index in [1.165, 1.54) is 6.92 Å². The summed E-state index contributed by atoms with van der Waals surface area (Å²) in [7, 11) is 1.64. The Bertz CT molecular complexity index is 1730. The van der Waals surface area contributed by atoms with Crippen molar-refractivity contribution in [2.75, 3.05) is 29.6 Å². The van der Waals surface area contributed by atoms with Crippen molar-refractivity contribution >= 4 is 40.7 Å². The molecule has 3 aromatic rings. The summed E-state index contributed by atoms with van der Waals surface area (Å²) < 4.78 is 5.44. The summed E-state index contributed by atoms with van der Waals surface area (Å²) >= 11 is 0. The summed E-state index contributed by atoms with van der Waals surface area (Å²) in [6.07, 6.45) is 6.76. The Morgan fingerprint density at radius 1 is 0.962 bits per heavy atom. The molecule has 4 unspecified atom stereocenters. The van der Waals surface area contributed by atoms with Crippen molar-refractivity contribution in [1.29, 1.82) is 0 Å². The SMILES string of the molecule is CC/C(=C\C=C(/C)C1C(CCC(O)c2ccccc2)C(=O)N1c1ccc(NC(=O)CCCCNC(=O)C(Cc2ccc(N)cc2)NC(C)=O)cc1)OC. The topological polar surface area (TPSA) is 163 Å². The Hall–Kier alpha value is -5.42. The smallest absolute Gasteiger partial charge is 0.242 e. The minimum atomic E-state index is -0.719. The van der Waals surface area contributed by atoms with Gasteiger partial charge in [0.05, 0.1) is 30.9 Å². The zero-order valence-electron chi connectivity index (χ0n) is 31.1. The lowest BCUT2D eigenvalue weighted by atomic mass is 9.78. The average Bonchev–Trinajstić information content (AvgIpc) is 3.15. The van der Waals surface area contributed by atoms with Gasteiger partial charge in [-0.15, -0.1) is 0 Å². The molecular formula is C42H53N5O6. The maximum Gasteiger partial charge on any atom is 0.242 e. The van der Waals surface area contributed by atoms with E-state index in [4.69, 9.17) is 10.5 Å². The van der Waals surface area contributed by atoms with E-state index >= 15 is 0 Å². The second kappa shape index (κ2) is 20.0. The molecule has 4 rings (SSSR count). The number of aliphatic hydroxyl groups is 1. The van der Waals surface area contributed by atoms with Crippen LogP contribution in [0.25, 0.3) is 0 Å². The van der Waals surface area contributed by atoms with E-state index in [-0.39, 0.29) is 42.0 Å². The number of anilines is 3. The number of carbonyl (C=O) groups excluding carboxylic acids is 4. The van der Waals surface area contributed by atoms with E-state index < -0.39 is 12.1 Å². The third-order valence-corrected chi connectivity index (χ3v) is 9.43. The van der Waals surface area contributed by atoms with Gasteiger partial charge in [0.2, 0.25) is 23.6 Å². The number of allylic oxidation sites excluding steroid dienone is 3. The highest BCUT2D eigenvalue weighted by atomic mass is 16.5. The third kappa shape index (κ3) is 11.8. The van der Waals surface area contributed by atoms with Crippen molar-refractivity contribution in [3.8, 4) is 0 Å². The van der Waals surface area contributed by atoms with Crippen LogP contribution in [-0.4, -0.2) is 54.5 Å². The number of hydrogen-bond donors (Lipinski definition) is 5. The number of amides is 4.